The van der Waals surface area contributed by atoms with Gasteiger partial charge in [0.1, 0.15) is 0 Å². The summed E-state index contributed by atoms with van der Waals surface area (Å²) < 4.78 is 5.57. The first-order chi connectivity index (χ1) is 9.86. The Morgan fingerprint density at radius 1 is 1.27 bits per heavy atom. The predicted molar refractivity (Wildman–Crippen MR) is 105 cm³/mol. The SMILES string of the molecule is CN=C(NCC1CCN(C)CC1)NCC(OC)C(C)(C)C.I. The van der Waals surface area contributed by atoms with Gasteiger partial charge in [-0.3, -0.25) is 4.99 Å². The minimum atomic E-state index is 0. The van der Waals surface area contributed by atoms with Crippen molar-refractivity contribution in [3.05, 3.63) is 0 Å². The van der Waals surface area contributed by atoms with E-state index in [9.17, 15) is 0 Å². The number of hydrogen-bond donors (Lipinski definition) is 2. The molecule has 132 valence electrons. The summed E-state index contributed by atoms with van der Waals surface area (Å²) in [7, 11) is 5.79. The minimum Gasteiger partial charge on any atom is -0.379 e. The first-order valence-electron chi connectivity index (χ1n) is 8.02. The summed E-state index contributed by atoms with van der Waals surface area (Å²) in [4.78, 5) is 6.70. The van der Waals surface area contributed by atoms with Crippen LogP contribution in [-0.2, 0) is 4.74 Å². The van der Waals surface area contributed by atoms with Crippen LogP contribution in [0.15, 0.2) is 4.99 Å². The van der Waals surface area contributed by atoms with Crippen LogP contribution in [0.25, 0.3) is 0 Å². The fourth-order valence-corrected chi connectivity index (χ4v) is 2.66. The Morgan fingerprint density at radius 2 is 1.86 bits per heavy atom. The molecule has 2 N–H and O–H groups in total. The smallest absolute Gasteiger partial charge is 0.191 e. The minimum absolute atomic E-state index is 0. The van der Waals surface area contributed by atoms with E-state index in [0.717, 1.165) is 25.0 Å². The summed E-state index contributed by atoms with van der Waals surface area (Å²) >= 11 is 0. The molecule has 0 amide bonds. The highest BCUT2D eigenvalue weighted by molar-refractivity contribution is 14.0. The standard InChI is InChI=1S/C16H34N4O.HI/c1-16(2,3)14(21-6)12-19-15(17-4)18-11-13-7-9-20(5)10-8-13;/h13-14H,7-12H2,1-6H3,(H2,17,18,19);1H. The van der Waals surface area contributed by atoms with E-state index in [4.69, 9.17) is 4.74 Å². The van der Waals surface area contributed by atoms with E-state index >= 15 is 0 Å². The number of piperidine rings is 1. The fourth-order valence-electron chi connectivity index (χ4n) is 2.66. The number of guanidine groups is 1. The largest absolute Gasteiger partial charge is 0.379 e. The van der Waals surface area contributed by atoms with Gasteiger partial charge in [-0.25, -0.2) is 0 Å². The molecular formula is C16H35IN4O. The van der Waals surface area contributed by atoms with Crippen molar-refractivity contribution < 1.29 is 4.74 Å². The molecule has 0 bridgehead atoms. The molecule has 1 aliphatic rings. The summed E-state index contributed by atoms with van der Waals surface area (Å²) in [6.07, 6.45) is 2.70. The topological polar surface area (TPSA) is 48.9 Å². The molecule has 0 aliphatic carbocycles. The number of likely N-dealkylation sites (tertiary alicyclic amines) is 1. The average Bonchev–Trinajstić information content (AvgIpc) is 2.43. The molecule has 22 heavy (non-hydrogen) atoms. The molecule has 0 aromatic carbocycles. The van der Waals surface area contributed by atoms with Crippen molar-refractivity contribution in [3.8, 4) is 0 Å². The average molecular weight is 426 g/mol. The lowest BCUT2D eigenvalue weighted by Crippen LogP contribution is -2.47. The summed E-state index contributed by atoms with van der Waals surface area (Å²) in [6, 6.07) is 0. The van der Waals surface area contributed by atoms with Gasteiger partial charge in [-0.15, -0.1) is 24.0 Å². The van der Waals surface area contributed by atoms with Crippen molar-refractivity contribution in [3.63, 3.8) is 0 Å². The molecular weight excluding hydrogens is 391 g/mol. The molecule has 1 fully saturated rings. The van der Waals surface area contributed by atoms with Crippen LogP contribution in [0.2, 0.25) is 0 Å². The lowest BCUT2D eigenvalue weighted by atomic mass is 9.89. The van der Waals surface area contributed by atoms with E-state index in [1.165, 1.54) is 25.9 Å². The summed E-state index contributed by atoms with van der Waals surface area (Å²) in [5.74, 6) is 1.63. The Kier molecular flexibility index (Phi) is 10.6. The van der Waals surface area contributed by atoms with Crippen molar-refractivity contribution >= 4 is 29.9 Å². The zero-order valence-corrected chi connectivity index (χ0v) is 17.4. The highest BCUT2D eigenvalue weighted by atomic mass is 127. The van der Waals surface area contributed by atoms with Gasteiger partial charge in [0, 0.05) is 27.2 Å². The first-order valence-corrected chi connectivity index (χ1v) is 8.02. The fraction of sp³-hybridized carbons (Fsp3) is 0.938. The molecule has 1 unspecified atom stereocenters. The van der Waals surface area contributed by atoms with Crippen LogP contribution in [0.5, 0.6) is 0 Å². The third-order valence-corrected chi connectivity index (χ3v) is 4.33. The first kappa shape index (κ1) is 21.9. The quantitative estimate of drug-likeness (QED) is 0.402. The summed E-state index contributed by atoms with van der Waals surface area (Å²) in [5.41, 5.74) is 0.120. The number of hydrogen-bond acceptors (Lipinski definition) is 3. The van der Waals surface area contributed by atoms with Crippen molar-refractivity contribution in [1.82, 2.24) is 15.5 Å². The van der Waals surface area contributed by atoms with Crippen LogP contribution in [0.3, 0.4) is 0 Å². The highest BCUT2D eigenvalue weighted by Crippen LogP contribution is 2.21. The molecule has 1 saturated heterocycles. The van der Waals surface area contributed by atoms with E-state index < -0.39 is 0 Å². The number of aliphatic imine (C=N–C) groups is 1. The molecule has 0 aromatic rings. The molecule has 1 rings (SSSR count). The Balaban J connectivity index is 0.00000441. The van der Waals surface area contributed by atoms with Gasteiger partial charge >= 0.3 is 0 Å². The van der Waals surface area contributed by atoms with Gasteiger partial charge in [0.2, 0.25) is 0 Å². The highest BCUT2D eigenvalue weighted by Gasteiger charge is 2.24. The Labute approximate surface area is 153 Å². The van der Waals surface area contributed by atoms with Gasteiger partial charge in [-0.1, -0.05) is 20.8 Å². The zero-order valence-electron chi connectivity index (χ0n) is 15.1. The monoisotopic (exact) mass is 426 g/mol. The summed E-state index contributed by atoms with van der Waals surface area (Å²) in [5, 5.41) is 6.83. The van der Waals surface area contributed by atoms with E-state index in [1.807, 2.05) is 7.05 Å². The van der Waals surface area contributed by atoms with Crippen LogP contribution in [0, 0.1) is 11.3 Å². The van der Waals surface area contributed by atoms with Gasteiger partial charge in [0.25, 0.3) is 0 Å². The Morgan fingerprint density at radius 3 is 2.32 bits per heavy atom. The molecule has 5 nitrogen and oxygen atoms in total. The molecule has 1 atom stereocenters. The van der Waals surface area contributed by atoms with E-state index in [2.05, 4.69) is 48.3 Å². The number of halogens is 1. The Hall–Kier alpha value is -0.0800. The second-order valence-electron chi connectivity index (χ2n) is 7.17. The van der Waals surface area contributed by atoms with Crippen molar-refractivity contribution in [2.24, 2.45) is 16.3 Å². The van der Waals surface area contributed by atoms with E-state index in [-0.39, 0.29) is 35.5 Å². The number of nitrogens with zero attached hydrogens (tertiary/aromatic N) is 2. The molecule has 6 heteroatoms. The summed E-state index contributed by atoms with van der Waals surface area (Å²) in [6.45, 7) is 10.8. The zero-order chi connectivity index (χ0) is 15.9. The number of rotatable bonds is 5. The van der Waals surface area contributed by atoms with Crippen LogP contribution < -0.4 is 10.6 Å². The second-order valence-corrected chi connectivity index (χ2v) is 7.17. The lowest BCUT2D eigenvalue weighted by Gasteiger charge is -2.31. The van der Waals surface area contributed by atoms with E-state index in [1.54, 1.807) is 7.11 Å². The Bertz CT molecular complexity index is 323. The second kappa shape index (κ2) is 10.6. The third kappa shape index (κ3) is 7.97. The maximum Gasteiger partial charge on any atom is 0.191 e. The number of nitrogens with one attached hydrogen (secondary N) is 2. The van der Waals surface area contributed by atoms with Crippen molar-refractivity contribution in [2.75, 3.05) is 47.4 Å². The van der Waals surface area contributed by atoms with Gasteiger partial charge in [0.15, 0.2) is 5.96 Å². The van der Waals surface area contributed by atoms with Crippen LogP contribution in [-0.4, -0.2) is 64.3 Å². The van der Waals surface area contributed by atoms with Gasteiger partial charge < -0.3 is 20.3 Å². The maximum absolute atomic E-state index is 5.57. The van der Waals surface area contributed by atoms with Gasteiger partial charge in [-0.2, -0.15) is 0 Å². The lowest BCUT2D eigenvalue weighted by molar-refractivity contribution is 0.0205. The predicted octanol–water partition coefficient (Wildman–Crippen LogP) is 2.17. The van der Waals surface area contributed by atoms with Crippen LogP contribution in [0.1, 0.15) is 33.6 Å². The maximum atomic E-state index is 5.57. The van der Waals surface area contributed by atoms with Gasteiger partial charge in [0.05, 0.1) is 6.10 Å². The number of ether oxygens (including phenoxy) is 1. The molecule has 0 radical (unpaired) electrons. The van der Waals surface area contributed by atoms with E-state index in [0.29, 0.717) is 0 Å². The van der Waals surface area contributed by atoms with Crippen LogP contribution in [0.4, 0.5) is 0 Å². The van der Waals surface area contributed by atoms with Gasteiger partial charge in [-0.05, 0) is 44.3 Å². The van der Waals surface area contributed by atoms with Crippen molar-refractivity contribution in [1.29, 1.82) is 0 Å². The normalized spacial score (nSPS) is 19.5. The molecule has 1 heterocycles. The van der Waals surface area contributed by atoms with Crippen molar-refractivity contribution in [2.45, 2.75) is 39.7 Å². The molecule has 0 spiro atoms. The molecule has 0 saturated carbocycles. The molecule has 1 aliphatic heterocycles. The number of methoxy groups -OCH3 is 1. The molecule has 0 aromatic heterocycles. The third-order valence-electron chi connectivity index (χ3n) is 4.33. The van der Waals surface area contributed by atoms with Crippen LogP contribution >= 0.6 is 24.0 Å².